The number of hydrogen-bond donors (Lipinski definition) is 0. The highest BCUT2D eigenvalue weighted by atomic mass is 16.3. The summed E-state index contributed by atoms with van der Waals surface area (Å²) in [5.74, 6) is 0. The van der Waals surface area contributed by atoms with Gasteiger partial charge in [-0.3, -0.25) is 0 Å². The molecule has 6 aromatic carbocycles. The maximum atomic E-state index is 6.19. The third-order valence-corrected chi connectivity index (χ3v) is 9.54. The van der Waals surface area contributed by atoms with Crippen molar-refractivity contribution in [2.24, 2.45) is 0 Å². The van der Waals surface area contributed by atoms with Crippen molar-refractivity contribution in [3.05, 3.63) is 162 Å². The summed E-state index contributed by atoms with van der Waals surface area (Å²) in [4.78, 5) is 2.42. The number of allylic oxidation sites excluding steroid dienone is 3. The minimum atomic E-state index is -0.0355. The number of para-hydroxylation sites is 1. The van der Waals surface area contributed by atoms with Crippen molar-refractivity contribution in [2.45, 2.75) is 26.2 Å². The van der Waals surface area contributed by atoms with Gasteiger partial charge < -0.3 is 9.32 Å². The molecule has 0 amide bonds. The predicted octanol–water partition coefficient (Wildman–Crippen LogP) is 11.8. The summed E-state index contributed by atoms with van der Waals surface area (Å²) in [5.41, 5.74) is 12.0. The van der Waals surface area contributed by atoms with Crippen LogP contribution in [0.2, 0.25) is 0 Å². The van der Waals surface area contributed by atoms with Crippen LogP contribution < -0.4 is 4.90 Å². The lowest BCUT2D eigenvalue weighted by molar-refractivity contribution is 0.661. The van der Waals surface area contributed by atoms with Crippen LogP contribution in [0.4, 0.5) is 11.4 Å². The number of anilines is 2. The maximum absolute atomic E-state index is 6.19. The molecule has 45 heavy (non-hydrogen) atoms. The summed E-state index contributed by atoms with van der Waals surface area (Å²) in [6.07, 6.45) is 6.70. The Morgan fingerprint density at radius 2 is 1.36 bits per heavy atom. The molecule has 0 saturated heterocycles. The van der Waals surface area contributed by atoms with Crippen molar-refractivity contribution in [2.75, 3.05) is 11.4 Å². The highest BCUT2D eigenvalue weighted by molar-refractivity contribution is 6.07. The number of benzene rings is 6. The summed E-state index contributed by atoms with van der Waals surface area (Å²) in [6, 6.07) is 45.9. The maximum Gasteiger partial charge on any atom is 0.135 e. The zero-order valence-corrected chi connectivity index (χ0v) is 25.9. The molecule has 2 heteroatoms. The van der Waals surface area contributed by atoms with E-state index in [0.717, 1.165) is 33.3 Å². The van der Waals surface area contributed by atoms with Crippen molar-refractivity contribution in [3.63, 3.8) is 0 Å². The van der Waals surface area contributed by atoms with Gasteiger partial charge in [0, 0.05) is 34.1 Å². The van der Waals surface area contributed by atoms with Gasteiger partial charge in [0.1, 0.15) is 11.2 Å². The van der Waals surface area contributed by atoms with Crippen LogP contribution in [0.25, 0.3) is 49.4 Å². The first-order valence-electron chi connectivity index (χ1n) is 15.8. The normalized spacial score (nSPS) is 14.0. The van der Waals surface area contributed by atoms with Crippen LogP contribution in [-0.4, -0.2) is 6.54 Å². The van der Waals surface area contributed by atoms with Gasteiger partial charge in [0.25, 0.3) is 0 Å². The molecule has 0 unspecified atom stereocenters. The molecule has 0 radical (unpaired) electrons. The van der Waals surface area contributed by atoms with Gasteiger partial charge in [-0.2, -0.15) is 0 Å². The molecule has 7 aromatic rings. The van der Waals surface area contributed by atoms with Gasteiger partial charge >= 0.3 is 0 Å². The van der Waals surface area contributed by atoms with Crippen LogP contribution in [0, 0.1) is 0 Å². The largest absolute Gasteiger partial charge is 0.456 e. The van der Waals surface area contributed by atoms with Crippen molar-refractivity contribution in [1.82, 2.24) is 0 Å². The van der Waals surface area contributed by atoms with Gasteiger partial charge in [-0.25, -0.2) is 0 Å². The molecule has 0 atom stereocenters. The Morgan fingerprint density at radius 3 is 2.20 bits per heavy atom. The highest BCUT2D eigenvalue weighted by Crippen LogP contribution is 2.51. The minimum Gasteiger partial charge on any atom is -0.456 e. The number of furan rings is 1. The molecule has 2 nitrogen and oxygen atoms in total. The summed E-state index contributed by atoms with van der Waals surface area (Å²) in [6.45, 7) is 7.51. The van der Waals surface area contributed by atoms with E-state index in [1.165, 1.54) is 44.2 Å². The van der Waals surface area contributed by atoms with E-state index in [2.05, 4.69) is 159 Å². The SMILES string of the molecule is C/C=C(\C=C/CN(c1ccc2ccc3c(c2c1)-c1ccccc1C3(C)C)c1ccc2oc3ccccc3c2c1)c1ccccc1. The minimum absolute atomic E-state index is 0.0355. The van der Waals surface area contributed by atoms with E-state index in [9.17, 15) is 0 Å². The molecule has 0 fully saturated rings. The molecular formula is C43H35NO. The molecule has 1 aromatic heterocycles. The standard InChI is InChI=1S/C43H35NO/c1-4-29(30-13-6-5-7-14-30)15-12-26-44(33-23-25-41-37(28-33)34-16-9-11-19-40(34)45-41)32-22-20-31-21-24-39-42(36(31)27-32)35-17-8-10-18-38(35)43(39,2)3/h4-25,27-28H,26H2,1-3H3/b15-12-,29-4+. The van der Waals surface area contributed by atoms with Gasteiger partial charge in [0.15, 0.2) is 0 Å². The smallest absolute Gasteiger partial charge is 0.135 e. The zero-order chi connectivity index (χ0) is 30.5. The Hall–Kier alpha value is -5.34. The second-order valence-electron chi connectivity index (χ2n) is 12.5. The molecular weight excluding hydrogens is 546 g/mol. The van der Waals surface area contributed by atoms with Crippen molar-refractivity contribution < 1.29 is 4.42 Å². The van der Waals surface area contributed by atoms with Crippen molar-refractivity contribution in [1.29, 1.82) is 0 Å². The third-order valence-electron chi connectivity index (χ3n) is 9.54. The lowest BCUT2D eigenvalue weighted by atomic mass is 9.82. The van der Waals surface area contributed by atoms with Gasteiger partial charge in [-0.15, -0.1) is 0 Å². The van der Waals surface area contributed by atoms with Gasteiger partial charge in [-0.1, -0.05) is 123 Å². The molecule has 8 rings (SSSR count). The Balaban J connectivity index is 1.28. The molecule has 218 valence electrons. The Morgan fingerprint density at radius 1 is 0.667 bits per heavy atom. The monoisotopic (exact) mass is 581 g/mol. The number of fused-ring (bicyclic) bond motifs is 8. The summed E-state index contributed by atoms with van der Waals surface area (Å²) in [7, 11) is 0. The fraction of sp³-hybridized carbons (Fsp3) is 0.116. The summed E-state index contributed by atoms with van der Waals surface area (Å²) in [5, 5.41) is 4.83. The molecule has 1 aliphatic carbocycles. The summed E-state index contributed by atoms with van der Waals surface area (Å²) < 4.78 is 6.19. The van der Waals surface area contributed by atoms with Crippen LogP contribution >= 0.6 is 0 Å². The molecule has 0 bridgehead atoms. The van der Waals surface area contributed by atoms with E-state index >= 15 is 0 Å². The third kappa shape index (κ3) is 4.48. The van der Waals surface area contributed by atoms with E-state index in [0.29, 0.717) is 6.54 Å². The fourth-order valence-electron chi connectivity index (χ4n) is 7.19. The lowest BCUT2D eigenvalue weighted by Gasteiger charge is -2.25. The number of nitrogens with zero attached hydrogens (tertiary/aromatic N) is 1. The van der Waals surface area contributed by atoms with E-state index in [1.54, 1.807) is 0 Å². The summed E-state index contributed by atoms with van der Waals surface area (Å²) >= 11 is 0. The Labute approximate surface area is 264 Å². The molecule has 0 N–H and O–H groups in total. The second-order valence-corrected chi connectivity index (χ2v) is 12.5. The predicted molar refractivity (Wildman–Crippen MR) is 191 cm³/mol. The van der Waals surface area contributed by atoms with Gasteiger partial charge in [0.05, 0.1) is 0 Å². The molecule has 0 saturated carbocycles. The van der Waals surface area contributed by atoms with Crippen LogP contribution in [0.1, 0.15) is 37.5 Å². The molecule has 0 aliphatic heterocycles. The van der Waals surface area contributed by atoms with E-state index in [-0.39, 0.29) is 5.41 Å². The molecule has 1 heterocycles. The molecule has 0 spiro atoms. The number of rotatable bonds is 6. The Kier molecular flexibility index (Phi) is 6.46. The first-order chi connectivity index (χ1) is 22.0. The molecule has 1 aliphatic rings. The Bertz CT molecular complexity index is 2280. The fourth-order valence-corrected chi connectivity index (χ4v) is 7.19. The van der Waals surface area contributed by atoms with Crippen LogP contribution in [0.5, 0.6) is 0 Å². The first kappa shape index (κ1) is 27.2. The first-order valence-corrected chi connectivity index (χ1v) is 15.8. The van der Waals surface area contributed by atoms with Crippen molar-refractivity contribution in [3.8, 4) is 11.1 Å². The van der Waals surface area contributed by atoms with Crippen LogP contribution in [0.15, 0.2) is 150 Å². The van der Waals surface area contributed by atoms with Crippen molar-refractivity contribution >= 4 is 49.7 Å². The second kappa shape index (κ2) is 10.7. The lowest BCUT2D eigenvalue weighted by Crippen LogP contribution is -2.17. The average Bonchev–Trinajstić information content (AvgIpc) is 3.57. The highest BCUT2D eigenvalue weighted by Gasteiger charge is 2.36. The average molecular weight is 582 g/mol. The number of hydrogen-bond acceptors (Lipinski definition) is 2. The van der Waals surface area contributed by atoms with Gasteiger partial charge in [-0.05, 0) is 87.5 Å². The van der Waals surface area contributed by atoms with E-state index in [4.69, 9.17) is 4.42 Å². The topological polar surface area (TPSA) is 16.4 Å². The van der Waals surface area contributed by atoms with Crippen LogP contribution in [-0.2, 0) is 5.41 Å². The quantitative estimate of drug-likeness (QED) is 0.182. The van der Waals surface area contributed by atoms with Gasteiger partial charge in [0.2, 0.25) is 0 Å². The zero-order valence-electron chi connectivity index (χ0n) is 25.9. The van der Waals surface area contributed by atoms with E-state index < -0.39 is 0 Å². The van der Waals surface area contributed by atoms with E-state index in [1.807, 2.05) is 12.1 Å². The van der Waals surface area contributed by atoms with Crippen LogP contribution in [0.3, 0.4) is 0 Å².